The molecule has 2 nitrogen and oxygen atoms in total. The number of fused-ring (bicyclic) bond motifs is 3. The molecule has 0 saturated carbocycles. The summed E-state index contributed by atoms with van der Waals surface area (Å²) in [7, 11) is 0. The van der Waals surface area contributed by atoms with Gasteiger partial charge in [0.25, 0.3) is 0 Å². The van der Waals surface area contributed by atoms with Gasteiger partial charge in [0.1, 0.15) is 11.3 Å². The first-order valence-corrected chi connectivity index (χ1v) is 5.41. The zero-order valence-electron chi connectivity index (χ0n) is 8.00. The Morgan fingerprint density at radius 2 is 1.88 bits per heavy atom. The second-order valence-electron chi connectivity index (χ2n) is 3.51. The molecule has 0 amide bonds. The first-order valence-electron chi connectivity index (χ1n) is 4.66. The minimum atomic E-state index is 0.139. The molecule has 1 aromatic heterocycles. The molecule has 0 saturated heterocycles. The first kappa shape index (κ1) is 9.82. The largest absolute Gasteiger partial charge is 0.507 e. The second-order valence-corrected chi connectivity index (χ2v) is 4.36. The molecule has 0 bridgehead atoms. The average Bonchev–Trinajstić information content (AvgIpc) is 2.63. The van der Waals surface area contributed by atoms with Crippen molar-refractivity contribution in [1.29, 1.82) is 0 Å². The topological polar surface area (TPSA) is 33.4 Å². The summed E-state index contributed by atoms with van der Waals surface area (Å²) in [6.07, 6.45) is 0. The van der Waals surface area contributed by atoms with E-state index >= 15 is 0 Å². The van der Waals surface area contributed by atoms with Crippen LogP contribution in [0, 0.1) is 0 Å². The quantitative estimate of drug-likeness (QED) is 0.635. The molecule has 1 N–H and O–H groups in total. The van der Waals surface area contributed by atoms with E-state index in [1.54, 1.807) is 30.3 Å². The third kappa shape index (κ3) is 1.27. The summed E-state index contributed by atoms with van der Waals surface area (Å²) in [5, 5.41) is 12.2. The van der Waals surface area contributed by atoms with Crippen LogP contribution in [0.25, 0.3) is 21.9 Å². The zero-order chi connectivity index (χ0) is 11.3. The number of phenols is 1. The maximum absolute atomic E-state index is 9.81. The van der Waals surface area contributed by atoms with Crippen LogP contribution >= 0.6 is 23.2 Å². The fourth-order valence-electron chi connectivity index (χ4n) is 1.80. The maximum Gasteiger partial charge on any atom is 0.157 e. The van der Waals surface area contributed by atoms with Gasteiger partial charge in [-0.15, -0.1) is 0 Å². The van der Waals surface area contributed by atoms with Gasteiger partial charge in [-0.25, -0.2) is 0 Å². The van der Waals surface area contributed by atoms with Crippen LogP contribution in [0.4, 0.5) is 0 Å². The Morgan fingerprint density at radius 3 is 2.69 bits per heavy atom. The van der Waals surface area contributed by atoms with Crippen LogP contribution in [0.1, 0.15) is 0 Å². The monoisotopic (exact) mass is 252 g/mol. The summed E-state index contributed by atoms with van der Waals surface area (Å²) in [6.45, 7) is 0. The van der Waals surface area contributed by atoms with Gasteiger partial charge in [-0.1, -0.05) is 23.2 Å². The van der Waals surface area contributed by atoms with Gasteiger partial charge < -0.3 is 9.52 Å². The lowest BCUT2D eigenvalue weighted by Crippen LogP contribution is -1.70. The van der Waals surface area contributed by atoms with E-state index in [2.05, 4.69) is 0 Å². The lowest BCUT2D eigenvalue weighted by Gasteiger charge is -1.95. The lowest BCUT2D eigenvalue weighted by atomic mass is 10.1. The van der Waals surface area contributed by atoms with Crippen molar-refractivity contribution >= 4 is 45.1 Å². The van der Waals surface area contributed by atoms with Gasteiger partial charge in [-0.3, -0.25) is 0 Å². The third-order valence-corrected chi connectivity index (χ3v) is 3.04. The smallest absolute Gasteiger partial charge is 0.157 e. The number of phenolic OH excluding ortho intramolecular Hbond substituents is 1. The van der Waals surface area contributed by atoms with Crippen molar-refractivity contribution in [1.82, 2.24) is 0 Å². The van der Waals surface area contributed by atoms with Gasteiger partial charge in [-0.05, 0) is 30.3 Å². The van der Waals surface area contributed by atoms with Gasteiger partial charge in [0.2, 0.25) is 0 Å². The molecule has 0 aliphatic carbocycles. The SMILES string of the molecule is Oc1ccc(Cl)c2oc3ccc(Cl)cc3c12. The number of furan rings is 1. The molecular formula is C12H6Cl2O2. The molecule has 0 aliphatic rings. The Morgan fingerprint density at radius 1 is 1.06 bits per heavy atom. The molecule has 2 aromatic carbocycles. The van der Waals surface area contributed by atoms with E-state index in [0.29, 0.717) is 26.6 Å². The Labute approximate surface area is 101 Å². The third-order valence-electron chi connectivity index (χ3n) is 2.51. The molecule has 80 valence electrons. The van der Waals surface area contributed by atoms with Crippen LogP contribution in [0.15, 0.2) is 34.7 Å². The Bertz CT molecular complexity index is 701. The summed E-state index contributed by atoms with van der Waals surface area (Å²) in [5.41, 5.74) is 1.14. The van der Waals surface area contributed by atoms with Gasteiger partial charge in [0, 0.05) is 10.4 Å². The van der Waals surface area contributed by atoms with E-state index in [-0.39, 0.29) is 5.75 Å². The molecule has 1 heterocycles. The van der Waals surface area contributed by atoms with Crippen molar-refractivity contribution in [2.75, 3.05) is 0 Å². The lowest BCUT2D eigenvalue weighted by molar-refractivity contribution is 0.481. The Kier molecular flexibility index (Phi) is 2.03. The van der Waals surface area contributed by atoms with Crippen LogP contribution in [-0.2, 0) is 0 Å². The predicted octanol–water partition coefficient (Wildman–Crippen LogP) is 4.60. The number of aromatic hydroxyl groups is 1. The number of hydrogen-bond acceptors (Lipinski definition) is 2. The van der Waals surface area contributed by atoms with Crippen LogP contribution in [0.3, 0.4) is 0 Å². The van der Waals surface area contributed by atoms with Crippen LogP contribution in [0.5, 0.6) is 5.75 Å². The average molecular weight is 253 g/mol. The molecule has 16 heavy (non-hydrogen) atoms. The molecule has 4 heteroatoms. The summed E-state index contributed by atoms with van der Waals surface area (Å²) in [5.74, 6) is 0.139. The Balaban J connectivity index is 2.62. The number of halogens is 2. The highest BCUT2D eigenvalue weighted by molar-refractivity contribution is 6.36. The van der Waals surface area contributed by atoms with Crippen molar-refractivity contribution in [3.05, 3.63) is 40.4 Å². The van der Waals surface area contributed by atoms with Crippen LogP contribution < -0.4 is 0 Å². The fraction of sp³-hybridized carbons (Fsp3) is 0. The fourth-order valence-corrected chi connectivity index (χ4v) is 2.17. The van der Waals surface area contributed by atoms with Crippen LogP contribution in [0.2, 0.25) is 10.0 Å². The van der Waals surface area contributed by atoms with Gasteiger partial charge in [0.15, 0.2) is 5.58 Å². The van der Waals surface area contributed by atoms with Gasteiger partial charge >= 0.3 is 0 Å². The summed E-state index contributed by atoms with van der Waals surface area (Å²) in [6, 6.07) is 8.38. The van der Waals surface area contributed by atoms with E-state index in [1.165, 1.54) is 0 Å². The van der Waals surface area contributed by atoms with Crippen molar-refractivity contribution in [2.24, 2.45) is 0 Å². The van der Waals surface area contributed by atoms with Crippen molar-refractivity contribution in [2.45, 2.75) is 0 Å². The molecule has 3 rings (SSSR count). The molecule has 0 atom stereocenters. The highest BCUT2D eigenvalue weighted by atomic mass is 35.5. The molecule has 0 radical (unpaired) electrons. The number of benzene rings is 2. The van der Waals surface area contributed by atoms with Crippen molar-refractivity contribution < 1.29 is 9.52 Å². The molecule has 0 spiro atoms. The standard InChI is InChI=1S/C12H6Cl2O2/c13-6-1-4-10-7(5-6)11-9(15)3-2-8(14)12(11)16-10/h1-5,15H. The summed E-state index contributed by atoms with van der Waals surface area (Å²) in [4.78, 5) is 0. The molecule has 3 aromatic rings. The Hall–Kier alpha value is -1.38. The predicted molar refractivity (Wildman–Crippen MR) is 65.4 cm³/mol. The molecule has 0 aliphatic heterocycles. The summed E-state index contributed by atoms with van der Waals surface area (Å²) < 4.78 is 5.57. The van der Waals surface area contributed by atoms with Crippen LogP contribution in [-0.4, -0.2) is 5.11 Å². The minimum Gasteiger partial charge on any atom is -0.507 e. The van der Waals surface area contributed by atoms with Crippen molar-refractivity contribution in [3.63, 3.8) is 0 Å². The van der Waals surface area contributed by atoms with E-state index in [4.69, 9.17) is 27.6 Å². The zero-order valence-corrected chi connectivity index (χ0v) is 9.51. The van der Waals surface area contributed by atoms with Crippen molar-refractivity contribution in [3.8, 4) is 5.75 Å². The second kappa shape index (κ2) is 3.30. The molecule has 0 fully saturated rings. The maximum atomic E-state index is 9.81. The van der Waals surface area contributed by atoms with E-state index < -0.39 is 0 Å². The highest BCUT2D eigenvalue weighted by Crippen LogP contribution is 2.39. The van der Waals surface area contributed by atoms with E-state index in [9.17, 15) is 5.11 Å². The first-order chi connectivity index (χ1) is 7.66. The van der Waals surface area contributed by atoms with E-state index in [1.807, 2.05) is 0 Å². The van der Waals surface area contributed by atoms with E-state index in [0.717, 1.165) is 5.39 Å². The minimum absolute atomic E-state index is 0.139. The summed E-state index contributed by atoms with van der Waals surface area (Å²) >= 11 is 11.9. The van der Waals surface area contributed by atoms with Gasteiger partial charge in [-0.2, -0.15) is 0 Å². The normalized spacial score (nSPS) is 11.4. The highest BCUT2D eigenvalue weighted by Gasteiger charge is 2.13. The van der Waals surface area contributed by atoms with Gasteiger partial charge in [0.05, 0.1) is 10.4 Å². The molecule has 0 unspecified atom stereocenters. The number of hydrogen-bond donors (Lipinski definition) is 1. The molecular weight excluding hydrogens is 247 g/mol. The number of rotatable bonds is 0.